The van der Waals surface area contributed by atoms with E-state index in [0.717, 1.165) is 94.1 Å². The Hall–Kier alpha value is -6.80. The number of H-pyrrole nitrogens is 1. The number of nitro groups is 1. The number of carbonyl (C=O) groups is 1. The highest BCUT2D eigenvalue weighted by molar-refractivity contribution is 7.90. The number of rotatable bonds is 17. The van der Waals surface area contributed by atoms with E-state index in [2.05, 4.69) is 72.8 Å². The third-order valence-electron chi connectivity index (χ3n) is 16.4. The van der Waals surface area contributed by atoms with Crippen LogP contribution in [-0.2, 0) is 16.6 Å². The second-order valence-corrected chi connectivity index (χ2v) is 23.6. The number of nitrogens with one attached hydrogen (secondary N) is 3. The molecule has 18 nitrogen and oxygen atoms in total. The van der Waals surface area contributed by atoms with E-state index < -0.39 is 37.0 Å². The lowest BCUT2D eigenvalue weighted by Crippen LogP contribution is -2.60. The van der Waals surface area contributed by atoms with Crippen LogP contribution in [-0.4, -0.2) is 114 Å². The third-order valence-corrected chi connectivity index (χ3v) is 17.8. The maximum Gasteiger partial charge on any atom is 0.293 e. The molecule has 3 aromatic heterocycles. The van der Waals surface area contributed by atoms with Crippen LogP contribution in [0.4, 0.5) is 17.1 Å². The van der Waals surface area contributed by atoms with Crippen LogP contribution in [0.25, 0.3) is 11.0 Å². The van der Waals surface area contributed by atoms with Gasteiger partial charge in [-0.15, -0.1) is 0 Å². The Morgan fingerprint density at radius 2 is 1.71 bits per heavy atom. The average Bonchev–Trinajstić information content (AvgIpc) is 3.89. The smallest absolute Gasteiger partial charge is 0.293 e. The quantitative estimate of drug-likeness (QED) is 0.0494. The van der Waals surface area contributed by atoms with E-state index in [1.807, 2.05) is 31.2 Å². The second-order valence-electron chi connectivity index (χ2n) is 21.9. The Kier molecular flexibility index (Phi) is 15.0. The van der Waals surface area contributed by atoms with Gasteiger partial charge in [-0.1, -0.05) is 38.1 Å². The Morgan fingerprint density at radius 3 is 2.45 bits per heavy atom. The number of anilines is 2. The second kappa shape index (κ2) is 21.7. The number of piperazine rings is 1. The van der Waals surface area contributed by atoms with Gasteiger partial charge in [0.1, 0.15) is 22.8 Å². The first-order valence-electron chi connectivity index (χ1n) is 26.5. The maximum atomic E-state index is 14.1. The number of carbonyl (C=O) groups excluding carboxylic acids is 1. The highest BCUT2D eigenvalue weighted by Crippen LogP contribution is 2.53. The van der Waals surface area contributed by atoms with Crippen LogP contribution in [0, 0.1) is 21.4 Å². The Morgan fingerprint density at radius 1 is 0.934 bits per heavy atom. The lowest BCUT2D eigenvalue weighted by Gasteiger charge is -2.58. The topological polar surface area (TPSA) is 218 Å². The number of hydrogen-bond acceptors (Lipinski definition) is 15. The van der Waals surface area contributed by atoms with E-state index in [-0.39, 0.29) is 34.4 Å². The summed E-state index contributed by atoms with van der Waals surface area (Å²) in [6.45, 7) is 11.8. The zero-order valence-electron chi connectivity index (χ0n) is 44.0. The predicted octanol–water partition coefficient (Wildman–Crippen LogP) is 9.58. The first-order chi connectivity index (χ1) is 36.5. The van der Waals surface area contributed by atoms with Crippen molar-refractivity contribution in [3.05, 3.63) is 130 Å². The highest BCUT2D eigenvalue weighted by Gasteiger charge is 2.50. The molecule has 2 saturated heterocycles. The number of piperidine rings is 1. The number of hydrogen-bond donors (Lipinski definition) is 4. The molecule has 6 aromatic rings. The molecular formula is C57H69N9O9S. The monoisotopic (exact) mass is 1060 g/mol. The minimum Gasteiger partial charge on any atom is -0.491 e. The van der Waals surface area contributed by atoms with Crippen molar-refractivity contribution in [3.8, 4) is 23.1 Å². The predicted molar refractivity (Wildman–Crippen MR) is 291 cm³/mol. The molecule has 1 unspecified atom stereocenters. The van der Waals surface area contributed by atoms with Gasteiger partial charge >= 0.3 is 0 Å². The largest absolute Gasteiger partial charge is 0.491 e. The summed E-state index contributed by atoms with van der Waals surface area (Å²) in [6, 6.07) is 25.9. The minimum absolute atomic E-state index is 0.0373. The number of pyridine rings is 2. The van der Waals surface area contributed by atoms with Crippen LogP contribution >= 0.6 is 0 Å². The van der Waals surface area contributed by atoms with E-state index in [9.17, 15) is 28.4 Å². The van der Waals surface area contributed by atoms with E-state index in [1.165, 1.54) is 29.5 Å². The molecule has 2 saturated carbocycles. The van der Waals surface area contributed by atoms with Gasteiger partial charge in [-0.05, 0) is 135 Å². The number of sulfonamides is 1. The molecule has 19 heteroatoms. The summed E-state index contributed by atoms with van der Waals surface area (Å²) < 4.78 is 47.3. The number of nitro benzene ring substituents is 1. The van der Waals surface area contributed by atoms with Gasteiger partial charge in [0.15, 0.2) is 5.75 Å². The van der Waals surface area contributed by atoms with Crippen LogP contribution in [0.5, 0.6) is 23.1 Å². The number of fused-ring (bicyclic) bond motifs is 1. The number of amides is 1. The normalized spacial score (nSPS) is 21.3. The first kappa shape index (κ1) is 52.6. The molecule has 3 aromatic carbocycles. The zero-order chi connectivity index (χ0) is 53.4. The summed E-state index contributed by atoms with van der Waals surface area (Å²) in [4.78, 5) is 45.2. The molecule has 0 bridgehead atoms. The van der Waals surface area contributed by atoms with Crippen molar-refractivity contribution < 1.29 is 37.5 Å². The van der Waals surface area contributed by atoms with Gasteiger partial charge in [0.25, 0.3) is 27.5 Å². The summed E-state index contributed by atoms with van der Waals surface area (Å²) in [6.07, 6.45) is 10.3. The minimum atomic E-state index is -4.60. The van der Waals surface area contributed by atoms with Crippen LogP contribution in [0.2, 0.25) is 0 Å². The number of nitrogens with zero attached hydrogens (tertiary/aromatic N) is 6. The van der Waals surface area contributed by atoms with Gasteiger partial charge in [-0.25, -0.2) is 23.1 Å². The number of aromatic nitrogens is 3. The lowest BCUT2D eigenvalue weighted by atomic mass is 9.59. The van der Waals surface area contributed by atoms with E-state index in [4.69, 9.17) is 19.2 Å². The fraction of sp³-hybridized carbons (Fsp3) is 0.456. The van der Waals surface area contributed by atoms with E-state index in [1.54, 1.807) is 38.6 Å². The van der Waals surface area contributed by atoms with E-state index >= 15 is 0 Å². The Bertz CT molecular complexity index is 3190. The molecular weight excluding hydrogens is 987 g/mol. The van der Waals surface area contributed by atoms with Gasteiger partial charge in [0, 0.05) is 87.3 Å². The van der Waals surface area contributed by atoms with Crippen molar-refractivity contribution in [1.82, 2.24) is 29.5 Å². The number of methoxy groups -OCH3 is 2. The zero-order valence-corrected chi connectivity index (χ0v) is 44.8. The van der Waals surface area contributed by atoms with Crippen LogP contribution in [0.15, 0.2) is 102 Å². The molecule has 2 aliphatic heterocycles. The highest BCUT2D eigenvalue weighted by atomic mass is 32.2. The van der Waals surface area contributed by atoms with Gasteiger partial charge in [-0.3, -0.25) is 24.7 Å². The summed E-state index contributed by atoms with van der Waals surface area (Å²) in [5, 5.41) is 26.5. The standard InChI is InChI=1S/C57H69N9O9S/c1-37(2)45-8-6-7-9-46(45)50-36-63(35-40-10-15-51(73-4)55(61-40)74-5)26-27-65(50)42-31-57(32-42)21-24-64(25-22-57)41-11-13-47(52(29-41)75-43-28-39-18-23-58-53(39)60-34-43)54(67)62-76(71,72)44-12-14-48(49(30-44)66(69)70)59-33-38-16-19-56(3,68)20-17-38/h6-15,18,23,28-30,34,37-38,42,50,59,68H,16-17,19-22,24-27,31-33,35-36H2,1-5H3,(H,58,60)(H,62,67). The van der Waals surface area contributed by atoms with Gasteiger partial charge < -0.3 is 34.5 Å². The fourth-order valence-electron chi connectivity index (χ4n) is 12.0. The van der Waals surface area contributed by atoms with Gasteiger partial charge in [0.2, 0.25) is 0 Å². The Balaban J connectivity index is 0.831. The third kappa shape index (κ3) is 11.3. The molecule has 4 aliphatic rings. The molecule has 4 N–H and O–H groups in total. The van der Waals surface area contributed by atoms with Gasteiger partial charge in [0.05, 0.1) is 47.1 Å². The van der Waals surface area contributed by atoms with Crippen LogP contribution < -0.4 is 29.1 Å². The molecule has 402 valence electrons. The van der Waals surface area contributed by atoms with Crippen molar-refractivity contribution in [2.24, 2.45) is 11.3 Å². The van der Waals surface area contributed by atoms with Gasteiger partial charge in [-0.2, -0.15) is 0 Å². The van der Waals surface area contributed by atoms with Crippen LogP contribution in [0.1, 0.15) is 111 Å². The fourth-order valence-corrected chi connectivity index (χ4v) is 13.0. The summed E-state index contributed by atoms with van der Waals surface area (Å²) in [5.41, 5.74) is 4.39. The van der Waals surface area contributed by atoms with Crippen molar-refractivity contribution in [1.29, 1.82) is 0 Å². The molecule has 2 aliphatic carbocycles. The SMILES string of the molecule is COc1ccc(CN2CCN(C3CC4(CCN(c5ccc(C(=O)NS(=O)(=O)c6ccc(NCC7CCC(C)(O)CC7)c([N+](=O)[O-])c6)c(Oc6cnc7[nH]ccc7c6)c5)CC4)C3)C(c3ccccc3C(C)C)C2)nc1OC. The molecule has 1 atom stereocenters. The molecule has 1 spiro atoms. The van der Waals surface area contributed by atoms with Crippen molar-refractivity contribution in [2.75, 3.05) is 63.7 Å². The number of ether oxygens (including phenoxy) is 3. The first-order valence-corrected chi connectivity index (χ1v) is 27.9. The average molecular weight is 1060 g/mol. The molecule has 4 fully saturated rings. The van der Waals surface area contributed by atoms with Crippen molar-refractivity contribution in [3.63, 3.8) is 0 Å². The molecule has 10 rings (SSSR count). The summed E-state index contributed by atoms with van der Waals surface area (Å²) >= 11 is 0. The molecule has 5 heterocycles. The van der Waals surface area contributed by atoms with Crippen molar-refractivity contribution >= 4 is 44.0 Å². The number of aliphatic hydroxyl groups is 1. The molecule has 76 heavy (non-hydrogen) atoms. The molecule has 1 amide bonds. The summed E-state index contributed by atoms with van der Waals surface area (Å²) in [7, 11) is -1.36. The molecule has 0 radical (unpaired) electrons. The summed E-state index contributed by atoms with van der Waals surface area (Å²) in [5.74, 6) is 1.21. The number of aromatic amines is 1. The lowest BCUT2D eigenvalue weighted by molar-refractivity contribution is -0.384. The number of benzene rings is 3. The maximum absolute atomic E-state index is 14.1. The Labute approximate surface area is 444 Å². The van der Waals surface area contributed by atoms with E-state index in [0.29, 0.717) is 60.9 Å². The van der Waals surface area contributed by atoms with Crippen molar-refractivity contribution in [2.45, 2.75) is 107 Å². The van der Waals surface area contributed by atoms with Crippen LogP contribution in [0.3, 0.4) is 0 Å².